The maximum Gasteiger partial charge on any atom is 0.387 e. The van der Waals surface area contributed by atoms with Crippen molar-refractivity contribution in [2.45, 2.75) is 6.61 Å². The van der Waals surface area contributed by atoms with Gasteiger partial charge in [-0.15, -0.1) is 0 Å². The van der Waals surface area contributed by atoms with Crippen molar-refractivity contribution >= 4 is 11.9 Å². The van der Waals surface area contributed by atoms with Crippen molar-refractivity contribution in [2.75, 3.05) is 14.2 Å². The summed E-state index contributed by atoms with van der Waals surface area (Å²) in [6.07, 6.45) is 1.35. The first kappa shape index (κ1) is 18.9. The molecule has 0 aliphatic heterocycles. The lowest BCUT2D eigenvalue weighted by Crippen LogP contribution is -2.04. The first-order valence-electron chi connectivity index (χ1n) is 7.42. The summed E-state index contributed by atoms with van der Waals surface area (Å²) >= 11 is 0. The highest BCUT2D eigenvalue weighted by atomic mass is 19.3. The Morgan fingerprint density at radius 2 is 1.77 bits per heavy atom. The molecule has 0 saturated heterocycles. The Balaban J connectivity index is 2.32. The Morgan fingerprint density at radius 3 is 2.31 bits per heavy atom. The van der Waals surface area contributed by atoms with Crippen molar-refractivity contribution in [3.05, 3.63) is 59.2 Å². The van der Waals surface area contributed by atoms with E-state index in [4.69, 9.17) is 9.47 Å². The number of hydrogen-bond acceptors (Lipinski definition) is 5. The lowest BCUT2D eigenvalue weighted by molar-refractivity contribution is -0.0512. The van der Waals surface area contributed by atoms with Gasteiger partial charge in [-0.1, -0.05) is 6.07 Å². The molecule has 0 saturated carbocycles. The Labute approximate surface area is 149 Å². The molecular formula is C19H15F2NO4. The number of halogens is 2. The van der Waals surface area contributed by atoms with Crippen LogP contribution in [0, 0.1) is 11.3 Å². The fourth-order valence-electron chi connectivity index (χ4n) is 2.18. The van der Waals surface area contributed by atoms with Crippen LogP contribution in [0.15, 0.2) is 48.0 Å². The highest BCUT2D eigenvalue weighted by Crippen LogP contribution is 2.30. The first-order valence-corrected chi connectivity index (χ1v) is 7.42. The third-order valence-electron chi connectivity index (χ3n) is 3.43. The Bertz CT molecular complexity index is 855. The molecule has 5 nitrogen and oxygen atoms in total. The second-order valence-electron chi connectivity index (χ2n) is 5.02. The number of benzene rings is 2. The predicted octanol–water partition coefficient (Wildman–Crippen LogP) is 4.10. The molecule has 0 fully saturated rings. The maximum atomic E-state index is 12.5. The minimum atomic E-state index is -2.99. The molecule has 0 N–H and O–H groups in total. The molecule has 2 rings (SSSR count). The molecule has 134 valence electrons. The average molecular weight is 359 g/mol. The van der Waals surface area contributed by atoms with Gasteiger partial charge in [0.05, 0.1) is 14.2 Å². The fraction of sp³-hybridized carbons (Fsp3) is 0.158. The van der Waals surface area contributed by atoms with Crippen molar-refractivity contribution in [3.63, 3.8) is 0 Å². The zero-order valence-corrected chi connectivity index (χ0v) is 14.0. The predicted molar refractivity (Wildman–Crippen MR) is 90.5 cm³/mol. The van der Waals surface area contributed by atoms with Crippen LogP contribution >= 0.6 is 0 Å². The molecular weight excluding hydrogens is 344 g/mol. The van der Waals surface area contributed by atoms with Crippen LogP contribution in [-0.2, 0) is 0 Å². The third-order valence-corrected chi connectivity index (χ3v) is 3.43. The molecule has 0 aromatic heterocycles. The molecule has 2 aromatic carbocycles. The third kappa shape index (κ3) is 4.57. The van der Waals surface area contributed by atoms with Crippen LogP contribution in [0.1, 0.15) is 15.9 Å². The number of allylic oxidation sites excluding steroid dienone is 1. The summed E-state index contributed by atoms with van der Waals surface area (Å²) in [6.45, 7) is -2.99. The molecule has 0 atom stereocenters. The van der Waals surface area contributed by atoms with Gasteiger partial charge in [0.15, 0.2) is 11.5 Å². The maximum absolute atomic E-state index is 12.5. The number of nitriles is 1. The smallest absolute Gasteiger partial charge is 0.387 e. The van der Waals surface area contributed by atoms with E-state index in [0.717, 1.165) is 0 Å². The molecule has 0 spiro atoms. The number of nitrogens with zero attached hydrogens (tertiary/aromatic N) is 1. The quantitative estimate of drug-likeness (QED) is 0.423. The molecule has 0 aliphatic carbocycles. The van der Waals surface area contributed by atoms with Crippen LogP contribution in [0.5, 0.6) is 17.2 Å². The molecule has 0 radical (unpaired) electrons. The van der Waals surface area contributed by atoms with Crippen molar-refractivity contribution in [1.29, 1.82) is 5.26 Å². The standard InChI is InChI=1S/C19H15F2NO4/c1-24-15-6-4-13(5-7-15)18(23)14(11-22)9-12-3-8-16(26-19(20)21)17(10-12)25-2/h3-10,19H,1-2H3/b14-9-. The van der Waals surface area contributed by atoms with E-state index in [0.29, 0.717) is 16.9 Å². The number of methoxy groups -OCH3 is 2. The van der Waals surface area contributed by atoms with E-state index in [9.17, 15) is 18.8 Å². The van der Waals surface area contributed by atoms with Gasteiger partial charge in [-0.05, 0) is 48.0 Å². The van der Waals surface area contributed by atoms with E-state index in [1.54, 1.807) is 24.3 Å². The summed E-state index contributed by atoms with van der Waals surface area (Å²) in [5.74, 6) is 0.0401. The number of hydrogen-bond donors (Lipinski definition) is 0. The van der Waals surface area contributed by atoms with Crippen LogP contribution in [0.3, 0.4) is 0 Å². The Kier molecular flexibility index (Phi) is 6.28. The van der Waals surface area contributed by atoms with E-state index < -0.39 is 12.4 Å². The van der Waals surface area contributed by atoms with Crippen LogP contribution in [-0.4, -0.2) is 26.6 Å². The highest BCUT2D eigenvalue weighted by Gasteiger charge is 2.14. The van der Waals surface area contributed by atoms with Crippen LogP contribution in [0.25, 0.3) is 6.08 Å². The number of ether oxygens (including phenoxy) is 3. The van der Waals surface area contributed by atoms with E-state index >= 15 is 0 Å². The monoisotopic (exact) mass is 359 g/mol. The topological polar surface area (TPSA) is 68.6 Å². The molecule has 7 heteroatoms. The molecule has 0 unspecified atom stereocenters. The second-order valence-corrected chi connectivity index (χ2v) is 5.02. The molecule has 0 amide bonds. The van der Waals surface area contributed by atoms with Crippen molar-refractivity contribution in [2.24, 2.45) is 0 Å². The minimum absolute atomic E-state index is 0.0632. The van der Waals surface area contributed by atoms with Gasteiger partial charge in [0.1, 0.15) is 17.4 Å². The summed E-state index contributed by atoms with van der Waals surface area (Å²) in [5.41, 5.74) is 0.643. The van der Waals surface area contributed by atoms with Crippen LogP contribution in [0.2, 0.25) is 0 Å². The Hall–Kier alpha value is -3.40. The zero-order valence-electron chi connectivity index (χ0n) is 14.0. The Morgan fingerprint density at radius 1 is 1.08 bits per heavy atom. The number of alkyl halides is 2. The van der Waals surface area contributed by atoms with E-state index in [1.165, 1.54) is 38.5 Å². The summed E-state index contributed by atoms with van der Waals surface area (Å²) in [6, 6.07) is 12.3. The van der Waals surface area contributed by atoms with E-state index in [-0.39, 0.29) is 17.1 Å². The zero-order chi connectivity index (χ0) is 19.1. The van der Waals surface area contributed by atoms with Gasteiger partial charge in [-0.3, -0.25) is 4.79 Å². The largest absolute Gasteiger partial charge is 0.497 e. The van der Waals surface area contributed by atoms with Crippen molar-refractivity contribution in [3.8, 4) is 23.3 Å². The highest BCUT2D eigenvalue weighted by molar-refractivity contribution is 6.14. The van der Waals surface area contributed by atoms with Gasteiger partial charge in [0.25, 0.3) is 0 Å². The van der Waals surface area contributed by atoms with E-state index in [2.05, 4.69) is 4.74 Å². The van der Waals surface area contributed by atoms with Gasteiger partial charge < -0.3 is 14.2 Å². The van der Waals surface area contributed by atoms with Crippen LogP contribution < -0.4 is 14.2 Å². The lowest BCUT2D eigenvalue weighted by atomic mass is 10.0. The summed E-state index contributed by atoms with van der Waals surface area (Å²) < 4.78 is 39.1. The number of ketones is 1. The molecule has 2 aromatic rings. The second kappa shape index (κ2) is 8.62. The minimum Gasteiger partial charge on any atom is -0.497 e. The van der Waals surface area contributed by atoms with E-state index in [1.807, 2.05) is 6.07 Å². The summed E-state index contributed by atoms with van der Waals surface area (Å²) in [7, 11) is 2.81. The SMILES string of the molecule is COc1ccc(C(=O)/C(C#N)=C\c2ccc(OC(F)F)c(OC)c2)cc1. The van der Waals surface area contributed by atoms with Gasteiger partial charge in [-0.25, -0.2) is 0 Å². The first-order chi connectivity index (χ1) is 12.5. The number of Topliss-reactive ketones (excluding diaryl/α,β-unsaturated/α-hetero) is 1. The van der Waals surface area contributed by atoms with Gasteiger partial charge in [-0.2, -0.15) is 14.0 Å². The van der Waals surface area contributed by atoms with Gasteiger partial charge >= 0.3 is 6.61 Å². The van der Waals surface area contributed by atoms with Crippen LogP contribution in [0.4, 0.5) is 8.78 Å². The van der Waals surface area contributed by atoms with Crippen molar-refractivity contribution < 1.29 is 27.8 Å². The molecule has 0 aliphatic rings. The fourth-order valence-corrected chi connectivity index (χ4v) is 2.18. The van der Waals surface area contributed by atoms with Gasteiger partial charge in [0, 0.05) is 5.56 Å². The number of rotatable bonds is 7. The lowest BCUT2D eigenvalue weighted by Gasteiger charge is -2.10. The molecule has 26 heavy (non-hydrogen) atoms. The van der Waals surface area contributed by atoms with Crippen molar-refractivity contribution in [1.82, 2.24) is 0 Å². The summed E-state index contributed by atoms with van der Waals surface area (Å²) in [4.78, 5) is 12.5. The summed E-state index contributed by atoms with van der Waals surface area (Å²) in [5, 5.41) is 9.30. The normalized spacial score (nSPS) is 11.0. The molecule has 0 heterocycles. The molecule has 0 bridgehead atoms. The van der Waals surface area contributed by atoms with Gasteiger partial charge in [0.2, 0.25) is 5.78 Å². The number of carbonyl (C=O) groups excluding carboxylic acids is 1. The number of carbonyl (C=O) groups is 1. The average Bonchev–Trinajstić information content (AvgIpc) is 2.66.